The zero-order valence-corrected chi connectivity index (χ0v) is 19.2. The summed E-state index contributed by atoms with van der Waals surface area (Å²) in [6.07, 6.45) is -2.60. The first-order valence-electron chi connectivity index (χ1n) is 11.6. The van der Waals surface area contributed by atoms with E-state index in [2.05, 4.69) is 23.7 Å². The predicted molar refractivity (Wildman–Crippen MR) is 116 cm³/mol. The molecule has 2 saturated heterocycles. The summed E-state index contributed by atoms with van der Waals surface area (Å²) in [6, 6.07) is 3.39. The molecule has 4 heterocycles. The predicted octanol–water partition coefficient (Wildman–Crippen LogP) is 4.72. The molecule has 0 atom stereocenters. The van der Waals surface area contributed by atoms with Gasteiger partial charge in [-0.2, -0.15) is 13.2 Å². The summed E-state index contributed by atoms with van der Waals surface area (Å²) in [6.45, 7) is 4.24. The second kappa shape index (κ2) is 9.31. The van der Waals surface area contributed by atoms with Crippen LogP contribution in [0.2, 0.25) is 0 Å². The summed E-state index contributed by atoms with van der Waals surface area (Å²) >= 11 is 0. The first-order valence-corrected chi connectivity index (χ1v) is 11.6. The van der Waals surface area contributed by atoms with E-state index in [1.807, 2.05) is 0 Å². The van der Waals surface area contributed by atoms with Gasteiger partial charge < -0.3 is 19.1 Å². The van der Waals surface area contributed by atoms with Gasteiger partial charge >= 0.3 is 6.18 Å². The van der Waals surface area contributed by atoms with E-state index in [4.69, 9.17) is 4.74 Å². The Morgan fingerprint density at radius 2 is 1.79 bits per heavy atom. The molecule has 0 aliphatic carbocycles. The molecule has 2 aliphatic rings. The Morgan fingerprint density at radius 1 is 1.15 bits per heavy atom. The number of hydrogen-bond donors (Lipinski definition) is 0. The number of pyridine rings is 1. The van der Waals surface area contributed by atoms with Crippen LogP contribution >= 0.6 is 0 Å². The highest BCUT2D eigenvalue weighted by Gasteiger charge is 2.38. The van der Waals surface area contributed by atoms with E-state index in [-0.39, 0.29) is 30.5 Å². The molecule has 4 rings (SSSR count). The third-order valence-electron chi connectivity index (χ3n) is 6.56. The lowest BCUT2D eigenvalue weighted by Crippen LogP contribution is -2.43. The minimum absolute atomic E-state index is 0.00462. The molecule has 2 aliphatic heterocycles. The molecule has 2 aromatic heterocycles. The van der Waals surface area contributed by atoms with E-state index in [1.54, 1.807) is 6.07 Å². The topological polar surface area (TPSA) is 50.6 Å². The van der Waals surface area contributed by atoms with Gasteiger partial charge in [-0.15, -0.1) is 0 Å². The van der Waals surface area contributed by atoms with Crippen molar-refractivity contribution in [3.63, 3.8) is 0 Å². The van der Waals surface area contributed by atoms with E-state index < -0.39 is 37.4 Å². The monoisotopic (exact) mass is 488 g/mol. The number of aromatic nitrogens is 2. The molecule has 0 bridgehead atoms. The van der Waals surface area contributed by atoms with Gasteiger partial charge in [0.25, 0.3) is 11.8 Å². The van der Waals surface area contributed by atoms with Gasteiger partial charge in [0.05, 0.1) is 6.20 Å². The molecular weight excluding hydrogens is 459 g/mol. The summed E-state index contributed by atoms with van der Waals surface area (Å²) in [5, 5.41) is 0.340. The second-order valence-corrected chi connectivity index (χ2v) is 9.41. The van der Waals surface area contributed by atoms with E-state index in [0.29, 0.717) is 17.2 Å². The number of carbonyl (C=O) groups excluding carboxylic acids is 1. The Balaban J connectivity index is 1.57. The van der Waals surface area contributed by atoms with E-state index in [9.17, 15) is 26.7 Å². The highest BCUT2D eigenvalue weighted by Crippen LogP contribution is 2.31. The minimum Gasteiger partial charge on any atom is -0.489 e. The van der Waals surface area contributed by atoms with Gasteiger partial charge in [0.1, 0.15) is 29.7 Å². The normalized spacial score (nSPS) is 20.3. The maximum absolute atomic E-state index is 13.5. The van der Waals surface area contributed by atoms with Crippen LogP contribution in [-0.4, -0.2) is 75.7 Å². The van der Waals surface area contributed by atoms with Gasteiger partial charge in [0.15, 0.2) is 0 Å². The fraction of sp³-hybridized carbons (Fsp3) is 0.652. The molecule has 0 spiro atoms. The number of nitrogens with zero attached hydrogens (tertiary/aromatic N) is 4. The summed E-state index contributed by atoms with van der Waals surface area (Å²) in [7, 11) is 0. The summed E-state index contributed by atoms with van der Waals surface area (Å²) < 4.78 is 73.8. The van der Waals surface area contributed by atoms with Crippen molar-refractivity contribution in [1.29, 1.82) is 0 Å². The number of halogens is 5. The maximum atomic E-state index is 13.5. The molecule has 34 heavy (non-hydrogen) atoms. The molecule has 2 aromatic rings. The lowest BCUT2D eigenvalue weighted by molar-refractivity contribution is -0.140. The third kappa shape index (κ3) is 5.61. The van der Waals surface area contributed by atoms with Gasteiger partial charge in [-0.1, -0.05) is 0 Å². The number of piperidine rings is 2. The first-order chi connectivity index (χ1) is 15.9. The molecule has 188 valence electrons. The van der Waals surface area contributed by atoms with Crippen molar-refractivity contribution >= 4 is 16.9 Å². The number of carbonyl (C=O) groups is 1. The lowest BCUT2D eigenvalue weighted by Gasteiger charge is -2.34. The number of alkyl halides is 5. The van der Waals surface area contributed by atoms with Crippen molar-refractivity contribution in [2.45, 2.75) is 70.3 Å². The fourth-order valence-electron chi connectivity index (χ4n) is 4.61. The summed E-state index contributed by atoms with van der Waals surface area (Å²) in [4.78, 5) is 20.7. The van der Waals surface area contributed by atoms with Crippen molar-refractivity contribution in [2.75, 3.05) is 26.2 Å². The zero-order valence-electron chi connectivity index (χ0n) is 19.2. The van der Waals surface area contributed by atoms with Crippen LogP contribution in [0.25, 0.3) is 11.0 Å². The standard InChI is InChI=1S/C23H29F5N4O2/c1-15(2)30-7-3-17(4-8-30)34-18-11-16-12-19(21(33)31-9-5-22(24,25)6-10-31)32(14-23(26,27)28)20(16)29-13-18/h11-13,15,17H,3-10,14H2,1-2H3. The Bertz CT molecular complexity index is 1020. The molecule has 11 heteroatoms. The van der Waals surface area contributed by atoms with Gasteiger partial charge in [0.2, 0.25) is 0 Å². The highest BCUT2D eigenvalue weighted by atomic mass is 19.4. The Hall–Kier alpha value is -2.43. The molecule has 0 aromatic carbocycles. The number of rotatable bonds is 5. The van der Waals surface area contributed by atoms with Crippen LogP contribution in [0.15, 0.2) is 18.3 Å². The van der Waals surface area contributed by atoms with E-state index >= 15 is 0 Å². The van der Waals surface area contributed by atoms with Gasteiger partial charge in [0, 0.05) is 50.4 Å². The molecule has 0 saturated carbocycles. The average molecular weight is 489 g/mol. The second-order valence-electron chi connectivity index (χ2n) is 9.41. The third-order valence-corrected chi connectivity index (χ3v) is 6.56. The molecule has 0 radical (unpaired) electrons. The number of ether oxygens (including phenoxy) is 1. The van der Waals surface area contributed by atoms with E-state index in [1.165, 1.54) is 17.2 Å². The molecular formula is C23H29F5N4O2. The highest BCUT2D eigenvalue weighted by molar-refractivity contribution is 5.98. The van der Waals surface area contributed by atoms with Crippen LogP contribution in [0.4, 0.5) is 22.0 Å². The van der Waals surface area contributed by atoms with Crippen LogP contribution in [0, 0.1) is 0 Å². The van der Waals surface area contributed by atoms with Crippen LogP contribution in [-0.2, 0) is 6.54 Å². The number of hydrogen-bond acceptors (Lipinski definition) is 4. The Morgan fingerprint density at radius 3 is 2.38 bits per heavy atom. The molecule has 0 N–H and O–H groups in total. The summed E-state index contributed by atoms with van der Waals surface area (Å²) in [5.74, 6) is -3.15. The lowest BCUT2D eigenvalue weighted by atomic mass is 10.1. The van der Waals surface area contributed by atoms with Crippen molar-refractivity contribution in [3.05, 3.63) is 24.0 Å². The molecule has 6 nitrogen and oxygen atoms in total. The summed E-state index contributed by atoms with van der Waals surface area (Å²) in [5.41, 5.74) is -0.211. The number of amides is 1. The van der Waals surface area contributed by atoms with Crippen LogP contribution < -0.4 is 4.74 Å². The van der Waals surface area contributed by atoms with Crippen molar-refractivity contribution in [3.8, 4) is 5.75 Å². The van der Waals surface area contributed by atoms with Gasteiger partial charge in [-0.05, 0) is 38.8 Å². The SMILES string of the molecule is CC(C)N1CCC(Oc2cnc3c(c2)cc(C(=O)N2CCC(F)(F)CC2)n3CC(F)(F)F)CC1. The quantitative estimate of drug-likeness (QED) is 0.572. The zero-order chi connectivity index (χ0) is 24.7. The fourth-order valence-corrected chi connectivity index (χ4v) is 4.61. The van der Waals surface area contributed by atoms with Crippen LogP contribution in [0.1, 0.15) is 50.0 Å². The Kier molecular flexibility index (Phi) is 6.76. The number of fused-ring (bicyclic) bond motifs is 1. The van der Waals surface area contributed by atoms with Crippen molar-refractivity contribution < 1.29 is 31.5 Å². The molecule has 1 amide bonds. The van der Waals surface area contributed by atoms with Gasteiger partial charge in [-0.25, -0.2) is 13.8 Å². The smallest absolute Gasteiger partial charge is 0.406 e. The Labute approximate surface area is 194 Å². The number of likely N-dealkylation sites (tertiary alicyclic amines) is 2. The van der Waals surface area contributed by atoms with Gasteiger partial charge in [-0.3, -0.25) is 4.79 Å². The van der Waals surface area contributed by atoms with Crippen molar-refractivity contribution in [1.82, 2.24) is 19.4 Å². The van der Waals surface area contributed by atoms with Crippen LogP contribution in [0.3, 0.4) is 0 Å². The van der Waals surface area contributed by atoms with E-state index in [0.717, 1.165) is 30.5 Å². The van der Waals surface area contributed by atoms with Crippen molar-refractivity contribution in [2.24, 2.45) is 0 Å². The minimum atomic E-state index is -4.59. The van der Waals surface area contributed by atoms with Crippen LogP contribution in [0.5, 0.6) is 5.75 Å². The maximum Gasteiger partial charge on any atom is 0.406 e. The first kappa shape index (κ1) is 24.7. The average Bonchev–Trinajstić information content (AvgIpc) is 3.09. The molecule has 2 fully saturated rings. The largest absolute Gasteiger partial charge is 0.489 e. The molecule has 0 unspecified atom stereocenters.